The van der Waals surface area contributed by atoms with E-state index in [1.54, 1.807) is 0 Å². The van der Waals surface area contributed by atoms with E-state index in [9.17, 15) is 4.79 Å². The first-order valence-electron chi connectivity index (χ1n) is 7.68. The Morgan fingerprint density at radius 1 is 1.21 bits per heavy atom. The number of carbonyl (C=O) groups is 1. The Balaban J connectivity index is 1.90. The highest BCUT2D eigenvalue weighted by Gasteiger charge is 2.17. The minimum atomic E-state index is -0.103. The Kier molecular flexibility index (Phi) is 4.88. The van der Waals surface area contributed by atoms with Crippen LogP contribution in [0.2, 0.25) is 5.02 Å². The van der Waals surface area contributed by atoms with Gasteiger partial charge in [0.15, 0.2) is 0 Å². The summed E-state index contributed by atoms with van der Waals surface area (Å²) >= 11 is 8.59. The van der Waals surface area contributed by atoms with E-state index < -0.39 is 0 Å². The predicted molar refractivity (Wildman–Crippen MR) is 108 cm³/mol. The smallest absolute Gasteiger partial charge is 0.268 e. The van der Waals surface area contributed by atoms with Crippen LogP contribution in [0, 0.1) is 10.5 Å². The number of hydrogen-bond donors (Lipinski definition) is 1. The van der Waals surface area contributed by atoms with Crippen molar-refractivity contribution < 1.29 is 4.79 Å². The molecule has 0 aliphatic rings. The van der Waals surface area contributed by atoms with E-state index >= 15 is 0 Å². The number of carbonyl (C=O) groups excluding carboxylic acids is 1. The molecule has 1 heterocycles. The quantitative estimate of drug-likeness (QED) is 0.542. The molecule has 1 aromatic heterocycles. The van der Waals surface area contributed by atoms with E-state index in [2.05, 4.69) is 27.9 Å². The van der Waals surface area contributed by atoms with Gasteiger partial charge in [0.25, 0.3) is 5.91 Å². The van der Waals surface area contributed by atoms with Gasteiger partial charge in [-0.3, -0.25) is 4.79 Å². The van der Waals surface area contributed by atoms with Crippen LogP contribution in [0.3, 0.4) is 0 Å². The Bertz CT molecular complexity index is 915. The number of fused-ring (bicyclic) bond motifs is 1. The average molecular weight is 453 g/mol. The molecule has 24 heavy (non-hydrogen) atoms. The van der Waals surface area contributed by atoms with Gasteiger partial charge in [0.05, 0.1) is 16.6 Å². The third kappa shape index (κ3) is 3.30. The number of nitrogens with zero attached hydrogens (tertiary/aromatic N) is 1. The number of aryl methyl sites for hydroxylation is 2. The highest BCUT2D eigenvalue weighted by Crippen LogP contribution is 2.28. The third-order valence-electron chi connectivity index (χ3n) is 4.21. The molecule has 3 aromatic rings. The van der Waals surface area contributed by atoms with Gasteiger partial charge in [-0.1, -0.05) is 23.7 Å². The van der Waals surface area contributed by atoms with Crippen LogP contribution in [0.1, 0.15) is 34.6 Å². The van der Waals surface area contributed by atoms with Gasteiger partial charge in [0, 0.05) is 16.0 Å². The summed E-state index contributed by atoms with van der Waals surface area (Å²) in [7, 11) is 1.89. The Hall–Kier alpha value is -1.53. The van der Waals surface area contributed by atoms with Crippen molar-refractivity contribution in [2.45, 2.75) is 19.9 Å². The second kappa shape index (κ2) is 6.76. The fourth-order valence-electron chi connectivity index (χ4n) is 2.84. The van der Waals surface area contributed by atoms with Crippen molar-refractivity contribution in [2.24, 2.45) is 7.05 Å². The highest BCUT2D eigenvalue weighted by atomic mass is 127. The molecule has 0 saturated heterocycles. The van der Waals surface area contributed by atoms with Crippen molar-refractivity contribution in [3.05, 3.63) is 67.9 Å². The van der Waals surface area contributed by atoms with E-state index in [-0.39, 0.29) is 11.9 Å². The van der Waals surface area contributed by atoms with Crippen LogP contribution in [-0.2, 0) is 7.05 Å². The number of aromatic nitrogens is 1. The first kappa shape index (κ1) is 17.3. The molecule has 1 atom stereocenters. The molecular weight excluding hydrogens is 435 g/mol. The summed E-state index contributed by atoms with van der Waals surface area (Å²) in [6.45, 7) is 3.98. The largest absolute Gasteiger partial charge is 0.344 e. The van der Waals surface area contributed by atoms with Crippen molar-refractivity contribution in [3.8, 4) is 0 Å². The fraction of sp³-hybridized carbons (Fsp3) is 0.211. The van der Waals surface area contributed by atoms with Gasteiger partial charge in [-0.2, -0.15) is 0 Å². The van der Waals surface area contributed by atoms with Crippen LogP contribution < -0.4 is 5.32 Å². The minimum Gasteiger partial charge on any atom is -0.344 e. The molecule has 1 N–H and O–H groups in total. The first-order chi connectivity index (χ1) is 11.4. The topological polar surface area (TPSA) is 34.0 Å². The van der Waals surface area contributed by atoms with Gasteiger partial charge in [-0.25, -0.2) is 0 Å². The van der Waals surface area contributed by atoms with Crippen LogP contribution in [0.25, 0.3) is 10.9 Å². The molecule has 5 heteroatoms. The molecule has 0 fully saturated rings. The van der Waals surface area contributed by atoms with Crippen LogP contribution in [-0.4, -0.2) is 10.5 Å². The van der Waals surface area contributed by atoms with Crippen molar-refractivity contribution in [3.63, 3.8) is 0 Å². The molecule has 0 saturated carbocycles. The van der Waals surface area contributed by atoms with E-state index in [0.717, 1.165) is 22.0 Å². The van der Waals surface area contributed by atoms with Crippen LogP contribution in [0.5, 0.6) is 0 Å². The summed E-state index contributed by atoms with van der Waals surface area (Å²) < 4.78 is 3.07. The summed E-state index contributed by atoms with van der Waals surface area (Å²) in [6.07, 6.45) is 0. The van der Waals surface area contributed by atoms with Gasteiger partial charge >= 0.3 is 0 Å². The summed E-state index contributed by atoms with van der Waals surface area (Å²) in [5, 5.41) is 4.63. The number of amides is 1. The SMILES string of the molecule is Cc1cc(Cl)c2cc(C(=O)N[C@H](C)c3ccc(I)cc3)n(C)c2c1. The number of benzene rings is 2. The number of nitrogens with one attached hydrogen (secondary N) is 1. The molecule has 3 nitrogen and oxygen atoms in total. The lowest BCUT2D eigenvalue weighted by molar-refractivity contribution is 0.0932. The Morgan fingerprint density at radius 2 is 1.88 bits per heavy atom. The van der Waals surface area contributed by atoms with Crippen molar-refractivity contribution in [1.29, 1.82) is 0 Å². The Labute approximate surface area is 160 Å². The van der Waals surface area contributed by atoms with Crippen molar-refractivity contribution in [2.75, 3.05) is 0 Å². The molecule has 3 rings (SSSR count). The van der Waals surface area contributed by atoms with Crippen LogP contribution >= 0.6 is 34.2 Å². The number of halogens is 2. The van der Waals surface area contributed by atoms with Gasteiger partial charge in [0.2, 0.25) is 0 Å². The van der Waals surface area contributed by atoms with Gasteiger partial charge in [0.1, 0.15) is 5.69 Å². The molecule has 0 aliphatic carbocycles. The molecule has 0 radical (unpaired) electrons. The van der Waals surface area contributed by atoms with E-state index in [1.165, 1.54) is 3.57 Å². The van der Waals surface area contributed by atoms with Crippen LogP contribution in [0.4, 0.5) is 0 Å². The first-order valence-corrected chi connectivity index (χ1v) is 9.14. The monoisotopic (exact) mass is 452 g/mol. The lowest BCUT2D eigenvalue weighted by Gasteiger charge is -2.15. The summed E-state index contributed by atoms with van der Waals surface area (Å²) in [6, 6.07) is 13.9. The van der Waals surface area contributed by atoms with Gasteiger partial charge in [-0.15, -0.1) is 0 Å². The standard InChI is InChI=1S/C19H18ClIN2O/c1-11-8-16(20)15-10-18(23(3)17(15)9-11)19(24)22-12(2)13-4-6-14(21)7-5-13/h4-10,12H,1-3H3,(H,22,24)/t12-/m1/s1. The fourth-order valence-corrected chi connectivity index (χ4v) is 3.53. The second-order valence-electron chi connectivity index (χ2n) is 6.01. The summed E-state index contributed by atoms with van der Waals surface area (Å²) in [5.74, 6) is -0.103. The molecular formula is C19H18ClIN2O. The number of hydrogen-bond acceptors (Lipinski definition) is 1. The normalized spacial score (nSPS) is 12.4. The molecule has 0 unspecified atom stereocenters. The molecule has 0 spiro atoms. The zero-order chi connectivity index (χ0) is 17.4. The molecule has 0 aliphatic heterocycles. The highest BCUT2D eigenvalue weighted by molar-refractivity contribution is 14.1. The van der Waals surface area contributed by atoms with E-state index in [1.807, 2.05) is 67.9 Å². The lowest BCUT2D eigenvalue weighted by Crippen LogP contribution is -2.28. The predicted octanol–water partition coefficient (Wildman–Crippen LogP) is 5.24. The minimum absolute atomic E-state index is 0.0651. The van der Waals surface area contributed by atoms with E-state index in [0.29, 0.717) is 10.7 Å². The summed E-state index contributed by atoms with van der Waals surface area (Å²) in [4.78, 5) is 12.7. The second-order valence-corrected chi connectivity index (χ2v) is 7.67. The van der Waals surface area contributed by atoms with Crippen molar-refractivity contribution in [1.82, 2.24) is 9.88 Å². The summed E-state index contributed by atoms with van der Waals surface area (Å²) in [5.41, 5.74) is 3.73. The van der Waals surface area contributed by atoms with Crippen molar-refractivity contribution >= 4 is 51.0 Å². The van der Waals surface area contributed by atoms with Gasteiger partial charge in [-0.05, 0) is 77.9 Å². The average Bonchev–Trinajstić information content (AvgIpc) is 2.85. The maximum atomic E-state index is 12.7. The number of rotatable bonds is 3. The maximum Gasteiger partial charge on any atom is 0.268 e. The van der Waals surface area contributed by atoms with Crippen LogP contribution in [0.15, 0.2) is 42.5 Å². The Morgan fingerprint density at radius 3 is 2.54 bits per heavy atom. The molecule has 0 bridgehead atoms. The third-order valence-corrected chi connectivity index (χ3v) is 5.24. The molecule has 1 amide bonds. The maximum absolute atomic E-state index is 12.7. The molecule has 2 aromatic carbocycles. The zero-order valence-electron chi connectivity index (χ0n) is 13.7. The molecule has 124 valence electrons. The lowest BCUT2D eigenvalue weighted by atomic mass is 10.1. The van der Waals surface area contributed by atoms with Gasteiger partial charge < -0.3 is 9.88 Å². The zero-order valence-corrected chi connectivity index (χ0v) is 16.6. The van der Waals surface area contributed by atoms with E-state index in [4.69, 9.17) is 11.6 Å².